The number of hydrogen-bond donors (Lipinski definition) is 0. The first kappa shape index (κ1) is 42.4. The van der Waals surface area contributed by atoms with Gasteiger partial charge in [0.05, 0.1) is 28.1 Å². The van der Waals surface area contributed by atoms with Crippen LogP contribution < -0.4 is 4.40 Å². The molecule has 5 aromatic heterocycles. The fourth-order valence-corrected chi connectivity index (χ4v) is 11.9. The summed E-state index contributed by atoms with van der Waals surface area (Å²) in [6, 6.07) is 60.9. The minimum atomic E-state index is -2.32. The predicted molar refractivity (Wildman–Crippen MR) is 273 cm³/mol. The van der Waals surface area contributed by atoms with Crippen LogP contribution in [0.5, 0.6) is 0 Å². The molecule has 0 aliphatic carbocycles. The molecule has 12 rings (SSSR count). The zero-order valence-electron chi connectivity index (χ0n) is 39.7. The molecule has 0 amide bonds. The molecule has 0 spiro atoms. The Morgan fingerprint density at radius 2 is 1.49 bits per heavy atom. The van der Waals surface area contributed by atoms with Crippen LogP contribution in [0.15, 0.2) is 191 Å². The maximum absolute atomic E-state index is 13.8. The van der Waals surface area contributed by atoms with Crippen LogP contribution in [0, 0.1) is 17.9 Å². The van der Waals surface area contributed by atoms with Gasteiger partial charge in [-0.15, -0.1) is 12.1 Å². The van der Waals surface area contributed by atoms with Gasteiger partial charge in [-0.05, 0) is 53.9 Å². The molecular weight excluding hydrogens is 1080 g/mol. The molecule has 0 N–H and O–H groups in total. The molecule has 335 valence electrons. The molecule has 1 unspecified atom stereocenters. The van der Waals surface area contributed by atoms with Gasteiger partial charge >= 0.3 is 157 Å². The molecular formula is C59H45FGeIrN4O2-2. The van der Waals surface area contributed by atoms with Crippen molar-refractivity contribution < 1.29 is 36.1 Å². The Bertz CT molecular complexity index is 3850. The van der Waals surface area contributed by atoms with Crippen LogP contribution in [0.25, 0.3) is 94.5 Å². The monoisotopic (exact) mass is 1130 g/mol. The standard InChI is InChI=1S/C36H19FN3O2.C23H26GeN.Ir/c37-22-16-14-21(15-17-22)23-18-19-27(34-32(23)26-9-6-20-38-36(26)42-34)35-39-28-10-2-3-11-29(28)40(35)30-12-5-8-25-24-7-1-4-13-31(24)41-33(25)30;1-18(19-11-7-5-8-12-19)15-21-16-23(20-13-9-6-10-14-20)25-17-22(21)24(2,3)4;/h1-18,20H;5-13,16-18H,15H2,1-4H3;/q2*-1;/i;15D2;. The van der Waals surface area contributed by atoms with Gasteiger partial charge in [0, 0.05) is 42.5 Å². The van der Waals surface area contributed by atoms with Crippen LogP contribution in [0.1, 0.15) is 26.7 Å². The van der Waals surface area contributed by atoms with E-state index in [4.69, 9.17) is 16.6 Å². The van der Waals surface area contributed by atoms with E-state index in [0.29, 0.717) is 22.7 Å². The zero-order valence-corrected chi connectivity index (χ0v) is 42.2. The van der Waals surface area contributed by atoms with E-state index in [1.165, 1.54) is 12.1 Å². The number of aromatic nitrogens is 4. The van der Waals surface area contributed by atoms with Crippen molar-refractivity contribution in [1.82, 2.24) is 19.5 Å². The van der Waals surface area contributed by atoms with Crippen LogP contribution in [0.2, 0.25) is 17.3 Å². The van der Waals surface area contributed by atoms with Gasteiger partial charge in [0.2, 0.25) is 5.71 Å². The van der Waals surface area contributed by atoms with Crippen LogP contribution >= 0.6 is 0 Å². The minimum absolute atomic E-state index is 0. The summed E-state index contributed by atoms with van der Waals surface area (Å²) in [5.41, 5.74) is 11.3. The van der Waals surface area contributed by atoms with E-state index >= 15 is 0 Å². The van der Waals surface area contributed by atoms with Gasteiger partial charge in [-0.3, -0.25) is 4.98 Å². The Labute approximate surface area is 413 Å². The van der Waals surface area contributed by atoms with Gasteiger partial charge in [-0.25, -0.2) is 9.37 Å². The summed E-state index contributed by atoms with van der Waals surface area (Å²) in [6.07, 6.45) is 2.14. The second-order valence-electron chi connectivity index (χ2n) is 17.7. The number of pyridine rings is 2. The largest absolute Gasteiger partial charge is 0 e. The first-order valence-electron chi connectivity index (χ1n) is 23.3. The smallest absolute Gasteiger partial charge is 0 e. The van der Waals surface area contributed by atoms with E-state index in [1.807, 2.05) is 141 Å². The SMILES string of the molecule is Fc1ccc(-c2c[c-]c(-c3nc4ccccc4n3-c3cccc4c3oc3ccccc34)c3oc4ncccc4c23)cc1.[2H]C([2H])(c1cc(-c2[c-]cccc2)nc[c]1[Ge]([CH3])([CH3])[CH3])C(C)c1ccccc1.[Ir]. The fraction of sp³-hybridized carbons (Fsp3) is 0.102. The van der Waals surface area contributed by atoms with Gasteiger partial charge in [0.1, 0.15) is 11.4 Å². The Kier molecular flexibility index (Phi) is 11.6. The normalized spacial score (nSPS) is 12.7. The molecule has 68 heavy (non-hydrogen) atoms. The van der Waals surface area contributed by atoms with Gasteiger partial charge in [-0.2, -0.15) is 0 Å². The van der Waals surface area contributed by atoms with Crippen molar-refractivity contribution in [3.8, 4) is 39.5 Å². The number of nitrogens with zero attached hydrogens (tertiary/aromatic N) is 4. The van der Waals surface area contributed by atoms with Crippen LogP contribution in [-0.4, -0.2) is 32.8 Å². The van der Waals surface area contributed by atoms with Crippen molar-refractivity contribution in [1.29, 1.82) is 0 Å². The first-order valence-corrected chi connectivity index (χ1v) is 29.7. The van der Waals surface area contributed by atoms with Gasteiger partial charge < -0.3 is 13.4 Å². The molecule has 1 radical (unpaired) electrons. The number of rotatable bonds is 8. The third-order valence-electron chi connectivity index (χ3n) is 12.3. The molecule has 12 aromatic rings. The summed E-state index contributed by atoms with van der Waals surface area (Å²) in [6.45, 7) is 1.98. The van der Waals surface area contributed by atoms with E-state index in [1.54, 1.807) is 18.3 Å². The van der Waals surface area contributed by atoms with E-state index in [-0.39, 0.29) is 31.8 Å². The molecule has 0 saturated heterocycles. The Balaban J connectivity index is 0.000000177. The Morgan fingerprint density at radius 1 is 0.735 bits per heavy atom. The molecule has 7 aromatic carbocycles. The topological polar surface area (TPSA) is 69.9 Å². The summed E-state index contributed by atoms with van der Waals surface area (Å²) < 4.78 is 48.1. The number of fused-ring (bicyclic) bond motifs is 7. The van der Waals surface area contributed by atoms with E-state index in [2.05, 4.69) is 62.1 Å². The van der Waals surface area contributed by atoms with Crippen molar-refractivity contribution in [3.63, 3.8) is 0 Å². The number of para-hydroxylation sites is 4. The molecule has 0 bridgehead atoms. The molecule has 0 aliphatic heterocycles. The Morgan fingerprint density at radius 3 is 2.29 bits per heavy atom. The second-order valence-corrected chi connectivity index (χ2v) is 28.2. The van der Waals surface area contributed by atoms with Crippen molar-refractivity contribution in [2.75, 3.05) is 0 Å². The molecule has 5 heterocycles. The van der Waals surface area contributed by atoms with Crippen molar-refractivity contribution in [2.24, 2.45) is 0 Å². The molecule has 6 nitrogen and oxygen atoms in total. The van der Waals surface area contributed by atoms with Gasteiger partial charge in [0.15, 0.2) is 5.58 Å². The van der Waals surface area contributed by atoms with Crippen LogP contribution in [0.3, 0.4) is 0 Å². The summed E-state index contributed by atoms with van der Waals surface area (Å²) in [4.78, 5) is 14.3. The average Bonchev–Trinajstić information content (AvgIpc) is 4.09. The summed E-state index contributed by atoms with van der Waals surface area (Å²) >= 11 is -2.32. The van der Waals surface area contributed by atoms with Gasteiger partial charge in [-0.1, -0.05) is 71.3 Å². The van der Waals surface area contributed by atoms with E-state index in [9.17, 15) is 4.39 Å². The molecule has 0 aliphatic rings. The Hall–Kier alpha value is -6.97. The molecule has 9 heteroatoms. The molecule has 0 saturated carbocycles. The van der Waals surface area contributed by atoms with Gasteiger partial charge in [0.25, 0.3) is 0 Å². The third-order valence-corrected chi connectivity index (χ3v) is 16.5. The van der Waals surface area contributed by atoms with Crippen molar-refractivity contribution >= 4 is 72.7 Å². The summed E-state index contributed by atoms with van der Waals surface area (Å²) in [7, 11) is 0. The minimum Gasteiger partial charge on any atom is 0 e. The maximum Gasteiger partial charge on any atom is 0 e. The molecule has 0 fully saturated rings. The van der Waals surface area contributed by atoms with E-state index in [0.717, 1.165) is 87.3 Å². The molecule has 1 atom stereocenters. The summed E-state index contributed by atoms with van der Waals surface area (Å²) in [5.74, 6) is 6.99. The maximum atomic E-state index is 13.8. The number of hydrogen-bond acceptors (Lipinski definition) is 5. The number of benzene rings is 7. The number of halogens is 1. The summed E-state index contributed by atoms with van der Waals surface area (Å²) in [5, 5.41) is 3.82. The van der Waals surface area contributed by atoms with Crippen molar-refractivity contribution in [3.05, 3.63) is 211 Å². The van der Waals surface area contributed by atoms with E-state index < -0.39 is 19.6 Å². The van der Waals surface area contributed by atoms with Crippen molar-refractivity contribution in [2.45, 2.75) is 36.5 Å². The fourth-order valence-electron chi connectivity index (χ4n) is 8.96. The van der Waals surface area contributed by atoms with Crippen LogP contribution in [-0.2, 0) is 26.5 Å². The third kappa shape index (κ3) is 8.38. The number of imidazole rings is 1. The second kappa shape index (κ2) is 18.6. The predicted octanol–water partition coefficient (Wildman–Crippen LogP) is 14.9. The number of furan rings is 2. The first-order chi connectivity index (χ1) is 33.5. The van der Waals surface area contributed by atoms with Crippen LogP contribution in [0.4, 0.5) is 4.39 Å². The zero-order chi connectivity index (χ0) is 47.4. The average molecular weight is 1130 g/mol. The quantitative estimate of drug-likeness (QED) is 0.112.